The molecule has 2 N–H and O–H groups in total. The van der Waals surface area contributed by atoms with Crippen LogP contribution in [0.1, 0.15) is 13.3 Å². The van der Waals surface area contributed by atoms with Gasteiger partial charge in [-0.15, -0.1) is 0 Å². The van der Waals surface area contributed by atoms with Crippen LogP contribution in [-0.2, 0) is 0 Å². The number of rotatable bonds is 1. The minimum atomic E-state index is 0.806. The molecule has 1 aliphatic rings. The molecule has 0 aromatic heterocycles. The highest BCUT2D eigenvalue weighted by atomic mass is 14.5. The fourth-order valence-electron chi connectivity index (χ4n) is 0.896. The van der Waals surface area contributed by atoms with Gasteiger partial charge in [0.15, 0.2) is 0 Å². The van der Waals surface area contributed by atoms with Crippen LogP contribution in [0.4, 0.5) is 0 Å². The standard InChI is InChI=1S/C10H13N/c1-2-9-5-3-4-6-10(11)8-7-9/h3-8H,2,11H2,1H3. The Morgan fingerprint density at radius 2 is 1.91 bits per heavy atom. The van der Waals surface area contributed by atoms with Crippen LogP contribution >= 0.6 is 0 Å². The molecule has 0 heterocycles. The summed E-state index contributed by atoms with van der Waals surface area (Å²) in [6.45, 7) is 2.13. The number of hydrogen-bond acceptors (Lipinski definition) is 1. The fraction of sp³-hybridized carbons (Fsp3) is 0.200. The van der Waals surface area contributed by atoms with Crippen molar-refractivity contribution in [1.82, 2.24) is 0 Å². The molecule has 0 unspecified atom stereocenters. The third kappa shape index (κ3) is 2.46. The highest BCUT2D eigenvalue weighted by Gasteiger charge is 1.87. The van der Waals surface area contributed by atoms with Gasteiger partial charge in [-0.2, -0.15) is 0 Å². The third-order valence-corrected chi connectivity index (χ3v) is 1.61. The van der Waals surface area contributed by atoms with Crippen LogP contribution in [0.2, 0.25) is 0 Å². The molecule has 0 aromatic rings. The van der Waals surface area contributed by atoms with Crippen molar-refractivity contribution in [3.05, 3.63) is 47.7 Å². The average Bonchev–Trinajstić information content (AvgIpc) is 1.98. The largest absolute Gasteiger partial charge is 0.399 e. The molecular weight excluding hydrogens is 134 g/mol. The Kier molecular flexibility index (Phi) is 2.73. The summed E-state index contributed by atoms with van der Waals surface area (Å²) in [5.41, 5.74) is 7.73. The van der Waals surface area contributed by atoms with Crippen molar-refractivity contribution in [1.29, 1.82) is 0 Å². The number of hydrogen-bond donors (Lipinski definition) is 1. The maximum absolute atomic E-state index is 5.62. The van der Waals surface area contributed by atoms with Crippen molar-refractivity contribution in [2.24, 2.45) is 5.73 Å². The zero-order valence-electron chi connectivity index (χ0n) is 6.75. The van der Waals surface area contributed by atoms with Crippen molar-refractivity contribution in [2.45, 2.75) is 13.3 Å². The topological polar surface area (TPSA) is 26.0 Å². The van der Waals surface area contributed by atoms with E-state index in [1.165, 1.54) is 5.57 Å². The van der Waals surface area contributed by atoms with E-state index in [-0.39, 0.29) is 0 Å². The first-order chi connectivity index (χ1) is 5.33. The van der Waals surface area contributed by atoms with Crippen molar-refractivity contribution in [3.63, 3.8) is 0 Å². The van der Waals surface area contributed by atoms with Crippen LogP contribution < -0.4 is 5.73 Å². The van der Waals surface area contributed by atoms with Crippen LogP contribution in [0.15, 0.2) is 47.7 Å². The molecule has 1 nitrogen and oxygen atoms in total. The highest BCUT2D eigenvalue weighted by Crippen LogP contribution is 2.06. The molecule has 1 rings (SSSR count). The van der Waals surface area contributed by atoms with E-state index >= 15 is 0 Å². The van der Waals surface area contributed by atoms with Crippen LogP contribution in [0.5, 0.6) is 0 Å². The summed E-state index contributed by atoms with van der Waals surface area (Å²) in [5, 5.41) is 0. The van der Waals surface area contributed by atoms with E-state index in [9.17, 15) is 0 Å². The molecule has 0 saturated carbocycles. The van der Waals surface area contributed by atoms with Gasteiger partial charge in [0.05, 0.1) is 0 Å². The molecule has 1 aliphatic carbocycles. The molecule has 0 spiro atoms. The lowest BCUT2D eigenvalue weighted by atomic mass is 10.1. The van der Waals surface area contributed by atoms with Crippen molar-refractivity contribution < 1.29 is 0 Å². The second-order valence-corrected chi connectivity index (χ2v) is 2.48. The molecule has 0 saturated heterocycles. The molecule has 58 valence electrons. The Morgan fingerprint density at radius 1 is 1.18 bits per heavy atom. The summed E-state index contributed by atoms with van der Waals surface area (Å²) in [6, 6.07) is 0. The second-order valence-electron chi connectivity index (χ2n) is 2.48. The van der Waals surface area contributed by atoms with Gasteiger partial charge in [0.25, 0.3) is 0 Å². The first kappa shape index (κ1) is 7.86. The van der Waals surface area contributed by atoms with E-state index in [2.05, 4.69) is 19.1 Å². The van der Waals surface area contributed by atoms with Gasteiger partial charge < -0.3 is 5.73 Å². The fourth-order valence-corrected chi connectivity index (χ4v) is 0.896. The highest BCUT2D eigenvalue weighted by molar-refractivity contribution is 5.33. The summed E-state index contributed by atoms with van der Waals surface area (Å²) < 4.78 is 0. The smallest absolute Gasteiger partial charge is 0.0314 e. The molecule has 0 bridgehead atoms. The first-order valence-electron chi connectivity index (χ1n) is 3.84. The van der Waals surface area contributed by atoms with Gasteiger partial charge in [0, 0.05) is 5.70 Å². The second kappa shape index (κ2) is 3.81. The molecule has 0 aromatic carbocycles. The summed E-state index contributed by atoms with van der Waals surface area (Å²) in [6.07, 6.45) is 13.0. The van der Waals surface area contributed by atoms with Crippen LogP contribution in [-0.4, -0.2) is 0 Å². The van der Waals surface area contributed by atoms with Gasteiger partial charge in [-0.25, -0.2) is 0 Å². The lowest BCUT2D eigenvalue weighted by Gasteiger charge is -1.97. The minimum Gasteiger partial charge on any atom is -0.399 e. The van der Waals surface area contributed by atoms with Crippen molar-refractivity contribution in [2.75, 3.05) is 0 Å². The predicted molar refractivity (Wildman–Crippen MR) is 48.9 cm³/mol. The molecule has 0 radical (unpaired) electrons. The normalized spacial score (nSPS) is 16.8. The molecule has 11 heavy (non-hydrogen) atoms. The maximum Gasteiger partial charge on any atom is 0.0314 e. The third-order valence-electron chi connectivity index (χ3n) is 1.61. The van der Waals surface area contributed by atoms with Gasteiger partial charge in [0.2, 0.25) is 0 Å². The van der Waals surface area contributed by atoms with E-state index in [1.807, 2.05) is 24.3 Å². The molecule has 0 aliphatic heterocycles. The quantitative estimate of drug-likeness (QED) is 0.605. The SMILES string of the molecule is CCC1=CC=C(N)C=CC=C1. The van der Waals surface area contributed by atoms with Gasteiger partial charge in [-0.3, -0.25) is 0 Å². The lowest BCUT2D eigenvalue weighted by Crippen LogP contribution is -1.92. The molecule has 0 amide bonds. The van der Waals surface area contributed by atoms with Crippen LogP contribution in [0.3, 0.4) is 0 Å². The van der Waals surface area contributed by atoms with Gasteiger partial charge in [0.1, 0.15) is 0 Å². The van der Waals surface area contributed by atoms with Crippen molar-refractivity contribution in [3.8, 4) is 0 Å². The molecule has 0 fully saturated rings. The monoisotopic (exact) mass is 147 g/mol. The van der Waals surface area contributed by atoms with Crippen LogP contribution in [0, 0.1) is 0 Å². The zero-order valence-corrected chi connectivity index (χ0v) is 6.75. The summed E-state index contributed by atoms with van der Waals surface area (Å²) in [4.78, 5) is 0. The lowest BCUT2D eigenvalue weighted by molar-refractivity contribution is 1.15. The number of nitrogens with two attached hydrogens (primary N) is 1. The summed E-state index contributed by atoms with van der Waals surface area (Å²) in [7, 11) is 0. The van der Waals surface area contributed by atoms with E-state index in [1.54, 1.807) is 0 Å². The average molecular weight is 147 g/mol. The van der Waals surface area contributed by atoms with Crippen molar-refractivity contribution >= 4 is 0 Å². The maximum atomic E-state index is 5.62. The minimum absolute atomic E-state index is 0.806. The van der Waals surface area contributed by atoms with Gasteiger partial charge in [-0.1, -0.05) is 31.2 Å². The van der Waals surface area contributed by atoms with Gasteiger partial charge in [-0.05, 0) is 24.1 Å². The Balaban J connectivity index is 2.84. The molecule has 0 atom stereocenters. The van der Waals surface area contributed by atoms with Gasteiger partial charge >= 0.3 is 0 Å². The predicted octanol–water partition coefficient (Wildman–Crippen LogP) is 2.29. The zero-order chi connectivity index (χ0) is 8.10. The summed E-state index contributed by atoms with van der Waals surface area (Å²) >= 11 is 0. The first-order valence-corrected chi connectivity index (χ1v) is 3.84. The van der Waals surface area contributed by atoms with E-state index in [0.717, 1.165) is 12.1 Å². The Hall–Kier alpha value is -1.24. The summed E-state index contributed by atoms with van der Waals surface area (Å²) in [5.74, 6) is 0. The van der Waals surface area contributed by atoms with Crippen LogP contribution in [0.25, 0.3) is 0 Å². The Bertz CT molecular complexity index is 242. The van der Waals surface area contributed by atoms with E-state index in [4.69, 9.17) is 5.73 Å². The van der Waals surface area contributed by atoms with E-state index < -0.39 is 0 Å². The Morgan fingerprint density at radius 3 is 2.64 bits per heavy atom. The molecule has 1 heteroatoms. The number of allylic oxidation sites excluding steroid dienone is 7. The Labute approximate surface area is 67.6 Å². The van der Waals surface area contributed by atoms with E-state index in [0.29, 0.717) is 0 Å². The molecular formula is C10H13N.